The zero-order valence-corrected chi connectivity index (χ0v) is 19.5. The lowest BCUT2D eigenvalue weighted by Crippen LogP contribution is -2.59. The predicted octanol–water partition coefficient (Wildman–Crippen LogP) is 6.50. The van der Waals surface area contributed by atoms with E-state index in [1.54, 1.807) is 6.20 Å². The van der Waals surface area contributed by atoms with Crippen molar-refractivity contribution >= 4 is 11.8 Å². The average Bonchev–Trinajstić information content (AvgIpc) is 3.10. The second-order valence-corrected chi connectivity index (χ2v) is 8.75. The van der Waals surface area contributed by atoms with Crippen molar-refractivity contribution in [2.75, 3.05) is 6.54 Å². The van der Waals surface area contributed by atoms with Crippen molar-refractivity contribution in [3.63, 3.8) is 0 Å². The van der Waals surface area contributed by atoms with Gasteiger partial charge in [0, 0.05) is 13.3 Å². The molecule has 0 bridgehead atoms. The molecule has 0 saturated carbocycles. The Bertz CT molecular complexity index is 555. The quantitative estimate of drug-likeness (QED) is 0.142. The van der Waals surface area contributed by atoms with Crippen LogP contribution >= 0.6 is 0 Å². The number of rotatable bonds is 19. The molecule has 0 fully saturated rings. The van der Waals surface area contributed by atoms with E-state index in [0.29, 0.717) is 0 Å². The molecule has 1 aliphatic heterocycles. The Morgan fingerprint density at radius 1 is 1.00 bits per heavy atom. The van der Waals surface area contributed by atoms with E-state index in [1.807, 2.05) is 13.1 Å². The first kappa shape index (κ1) is 26.6. The molecular weight excluding hydrogens is 374 g/mol. The molecular formula is C25H46N3O2+. The molecule has 30 heavy (non-hydrogen) atoms. The van der Waals surface area contributed by atoms with Gasteiger partial charge in [-0.05, 0) is 25.7 Å². The molecule has 0 spiro atoms. The minimum Gasteiger partial charge on any atom is -0.477 e. The Kier molecular flexibility index (Phi) is 14.4. The highest BCUT2D eigenvalue weighted by atomic mass is 16.4. The first-order valence-corrected chi connectivity index (χ1v) is 12.3. The third-order valence-corrected chi connectivity index (χ3v) is 6.07. The highest BCUT2D eigenvalue weighted by Gasteiger charge is 2.40. The van der Waals surface area contributed by atoms with E-state index >= 15 is 0 Å². The zero-order valence-electron chi connectivity index (χ0n) is 19.5. The van der Waals surface area contributed by atoms with Crippen LogP contribution in [0.15, 0.2) is 29.5 Å². The van der Waals surface area contributed by atoms with Gasteiger partial charge in [-0.3, -0.25) is 5.73 Å². The molecule has 1 aliphatic rings. The van der Waals surface area contributed by atoms with Crippen LogP contribution < -0.4 is 5.73 Å². The van der Waals surface area contributed by atoms with Gasteiger partial charge in [0.1, 0.15) is 12.4 Å². The van der Waals surface area contributed by atoms with Crippen LogP contribution in [0.4, 0.5) is 0 Å². The fourth-order valence-electron chi connectivity index (χ4n) is 4.13. The number of aliphatic carboxylic acids is 1. The number of aliphatic imine (C=N–C) groups is 1. The fraction of sp³-hybridized carbons (Fsp3) is 0.760. The number of allylic oxidation sites excluding steroid dienone is 2. The summed E-state index contributed by atoms with van der Waals surface area (Å²) in [5.74, 6) is 0.0181. The molecule has 0 aliphatic carbocycles. The molecule has 5 nitrogen and oxygen atoms in total. The lowest BCUT2D eigenvalue weighted by Gasteiger charge is -2.34. The van der Waals surface area contributed by atoms with Gasteiger partial charge in [-0.15, -0.1) is 0 Å². The maximum atomic E-state index is 11.3. The van der Waals surface area contributed by atoms with Gasteiger partial charge in [0.25, 0.3) is 0 Å². The number of carbonyl (C=O) groups is 1. The fourth-order valence-corrected chi connectivity index (χ4v) is 4.13. The summed E-state index contributed by atoms with van der Waals surface area (Å²) in [6.07, 6.45) is 26.9. The number of unbranched alkanes of at least 4 members (excludes halogenated alkanes) is 12. The van der Waals surface area contributed by atoms with E-state index in [-0.39, 0.29) is 17.2 Å². The summed E-state index contributed by atoms with van der Waals surface area (Å²) in [4.78, 5) is 15.7. The zero-order chi connectivity index (χ0) is 22.1. The van der Waals surface area contributed by atoms with Crippen molar-refractivity contribution in [2.45, 2.75) is 116 Å². The number of carboxylic acids is 1. The molecule has 0 aromatic rings. The SMILES string of the molecule is CCCCCCCCCCCCC/C=C/CCCC1=NC=C[N+]1(CC(=O)O)C(C)N. The maximum absolute atomic E-state index is 11.3. The van der Waals surface area contributed by atoms with Gasteiger partial charge in [-0.25, -0.2) is 14.3 Å². The molecule has 0 saturated heterocycles. The molecule has 3 N–H and O–H groups in total. The van der Waals surface area contributed by atoms with E-state index < -0.39 is 5.97 Å². The Hall–Kier alpha value is -1.46. The number of hydrogen-bond donors (Lipinski definition) is 2. The Labute approximate surface area is 184 Å². The summed E-state index contributed by atoms with van der Waals surface area (Å²) in [5, 5.41) is 9.25. The number of quaternary nitrogens is 1. The average molecular weight is 421 g/mol. The topological polar surface area (TPSA) is 75.7 Å². The van der Waals surface area contributed by atoms with E-state index in [9.17, 15) is 9.90 Å². The van der Waals surface area contributed by atoms with Gasteiger partial charge in [0.15, 0.2) is 6.54 Å². The number of carboxylic acid groups (broad SMARTS) is 1. The van der Waals surface area contributed by atoms with Crippen molar-refractivity contribution in [1.29, 1.82) is 0 Å². The van der Waals surface area contributed by atoms with Crippen molar-refractivity contribution in [2.24, 2.45) is 10.7 Å². The van der Waals surface area contributed by atoms with Gasteiger partial charge < -0.3 is 5.11 Å². The van der Waals surface area contributed by atoms with Crippen LogP contribution in [0.2, 0.25) is 0 Å². The van der Waals surface area contributed by atoms with Crippen LogP contribution in [0, 0.1) is 0 Å². The molecule has 1 heterocycles. The molecule has 2 atom stereocenters. The molecule has 0 amide bonds. The summed E-state index contributed by atoms with van der Waals surface area (Å²) in [6.45, 7) is 4.08. The monoisotopic (exact) mass is 420 g/mol. The van der Waals surface area contributed by atoms with E-state index in [2.05, 4.69) is 24.1 Å². The van der Waals surface area contributed by atoms with Gasteiger partial charge in [0.2, 0.25) is 5.84 Å². The van der Waals surface area contributed by atoms with Crippen LogP contribution in [-0.4, -0.2) is 34.1 Å². The second-order valence-electron chi connectivity index (χ2n) is 8.75. The normalized spacial score (nSPS) is 19.5. The first-order chi connectivity index (χ1) is 14.5. The van der Waals surface area contributed by atoms with Gasteiger partial charge >= 0.3 is 5.97 Å². The number of amidine groups is 1. The highest BCUT2D eigenvalue weighted by Crippen LogP contribution is 2.23. The van der Waals surface area contributed by atoms with Crippen molar-refractivity contribution < 1.29 is 14.4 Å². The molecule has 5 heteroatoms. The van der Waals surface area contributed by atoms with Gasteiger partial charge in [0.05, 0.1) is 6.20 Å². The van der Waals surface area contributed by atoms with Crippen LogP contribution in [-0.2, 0) is 4.79 Å². The standard InChI is InChI=1S/C25H45N3O2/c1-3-4-5-6-7-8-9-10-11-12-13-14-15-16-17-18-19-24-27-20-21-28(24,23(2)26)22-25(29)30/h15-16,20-21,23H,3-14,17-19,22,26H2,1-2H3/p+1/b16-15+. The molecule has 2 unspecified atom stereocenters. The van der Waals surface area contributed by atoms with Gasteiger partial charge in [-0.1, -0.05) is 83.3 Å². The molecule has 1 rings (SSSR count). The highest BCUT2D eigenvalue weighted by molar-refractivity contribution is 5.81. The largest absolute Gasteiger partial charge is 0.477 e. The molecule has 0 radical (unpaired) electrons. The number of nitrogens with two attached hydrogens (primary N) is 1. The van der Waals surface area contributed by atoms with Crippen LogP contribution in [0.1, 0.15) is 110 Å². The van der Waals surface area contributed by atoms with Crippen LogP contribution in [0.3, 0.4) is 0 Å². The lowest BCUT2D eigenvalue weighted by atomic mass is 10.1. The van der Waals surface area contributed by atoms with E-state index in [1.165, 1.54) is 77.0 Å². The summed E-state index contributed by atoms with van der Waals surface area (Å²) in [5.41, 5.74) is 6.10. The Morgan fingerprint density at radius 2 is 1.53 bits per heavy atom. The Morgan fingerprint density at radius 3 is 2.07 bits per heavy atom. The maximum Gasteiger partial charge on any atom is 0.360 e. The minimum atomic E-state index is -0.849. The van der Waals surface area contributed by atoms with E-state index in [0.717, 1.165) is 25.1 Å². The summed E-state index contributed by atoms with van der Waals surface area (Å²) < 4.78 is 0.151. The molecule has 172 valence electrons. The van der Waals surface area contributed by atoms with Crippen LogP contribution in [0.25, 0.3) is 0 Å². The first-order valence-electron chi connectivity index (χ1n) is 12.3. The van der Waals surface area contributed by atoms with Crippen molar-refractivity contribution in [3.8, 4) is 0 Å². The molecule has 0 aromatic heterocycles. The van der Waals surface area contributed by atoms with Crippen molar-refractivity contribution in [1.82, 2.24) is 0 Å². The smallest absolute Gasteiger partial charge is 0.360 e. The summed E-state index contributed by atoms with van der Waals surface area (Å²) in [7, 11) is 0. The predicted molar refractivity (Wildman–Crippen MR) is 127 cm³/mol. The van der Waals surface area contributed by atoms with E-state index in [4.69, 9.17) is 5.73 Å². The lowest BCUT2D eigenvalue weighted by molar-refractivity contribution is -0.805. The Balaban J connectivity index is 2.04. The summed E-state index contributed by atoms with van der Waals surface area (Å²) >= 11 is 0. The van der Waals surface area contributed by atoms with Gasteiger partial charge in [-0.2, -0.15) is 0 Å². The summed E-state index contributed by atoms with van der Waals surface area (Å²) in [6, 6.07) is 0. The number of hydrogen-bond acceptors (Lipinski definition) is 3. The third kappa shape index (κ3) is 10.5. The number of nitrogens with zero attached hydrogens (tertiary/aromatic N) is 2. The second kappa shape index (κ2) is 16.3. The minimum absolute atomic E-state index is 0.0400. The third-order valence-electron chi connectivity index (χ3n) is 6.07. The van der Waals surface area contributed by atoms with Crippen LogP contribution in [0.5, 0.6) is 0 Å². The van der Waals surface area contributed by atoms with Crippen molar-refractivity contribution in [3.05, 3.63) is 24.6 Å². The molecule has 0 aromatic carbocycles.